The van der Waals surface area contributed by atoms with Crippen LogP contribution in [0, 0.1) is 5.92 Å². The van der Waals surface area contributed by atoms with E-state index in [1.807, 2.05) is 0 Å². The second-order valence-electron chi connectivity index (χ2n) is 5.89. The van der Waals surface area contributed by atoms with Crippen LogP contribution in [0.2, 0.25) is 0 Å². The van der Waals surface area contributed by atoms with Gasteiger partial charge >= 0.3 is 0 Å². The molecule has 0 amide bonds. The summed E-state index contributed by atoms with van der Waals surface area (Å²) in [5.74, 6) is 1.02. The molecule has 2 aliphatic carbocycles. The molecule has 3 rings (SSSR count). The smallest absolute Gasteiger partial charge is 0.0328 e. The maximum atomic E-state index is 3.90. The highest BCUT2D eigenvalue weighted by molar-refractivity contribution is 9.10. The van der Waals surface area contributed by atoms with Crippen LogP contribution >= 0.6 is 15.9 Å². The number of benzene rings is 1. The number of hydrogen-bond donors (Lipinski definition) is 1. The Balaban J connectivity index is 1.67. The van der Waals surface area contributed by atoms with Crippen molar-refractivity contribution in [3.8, 4) is 0 Å². The molecule has 0 aliphatic heterocycles. The zero-order chi connectivity index (χ0) is 12.5. The second-order valence-corrected chi connectivity index (χ2v) is 6.80. The third kappa shape index (κ3) is 2.80. The Morgan fingerprint density at radius 2 is 2.17 bits per heavy atom. The molecule has 0 heterocycles. The van der Waals surface area contributed by atoms with Gasteiger partial charge in [0.1, 0.15) is 0 Å². The van der Waals surface area contributed by atoms with Crippen LogP contribution in [-0.2, 0) is 6.42 Å². The van der Waals surface area contributed by atoms with Crippen LogP contribution in [0.1, 0.15) is 56.2 Å². The van der Waals surface area contributed by atoms with Gasteiger partial charge < -0.3 is 5.32 Å². The molecular formula is C16H22BrN. The highest BCUT2D eigenvalue weighted by atomic mass is 79.9. The third-order valence-corrected chi connectivity index (χ3v) is 4.92. The number of aryl methyl sites for hydroxylation is 1. The second kappa shape index (κ2) is 5.34. The first-order valence-electron chi connectivity index (χ1n) is 7.30. The summed E-state index contributed by atoms with van der Waals surface area (Å²) in [5, 5.41) is 3.90. The third-order valence-electron chi connectivity index (χ3n) is 4.43. The molecule has 1 aromatic carbocycles. The Kier molecular flexibility index (Phi) is 3.76. The van der Waals surface area contributed by atoms with Gasteiger partial charge in [0.25, 0.3) is 0 Å². The average Bonchev–Trinajstić information content (AvgIpc) is 3.10. The molecule has 1 nitrogen and oxygen atoms in total. The van der Waals surface area contributed by atoms with E-state index in [-0.39, 0.29) is 0 Å². The lowest BCUT2D eigenvalue weighted by Gasteiger charge is -2.22. The average molecular weight is 308 g/mol. The molecule has 2 unspecified atom stereocenters. The van der Waals surface area contributed by atoms with Crippen molar-refractivity contribution in [3.63, 3.8) is 0 Å². The highest BCUT2D eigenvalue weighted by Crippen LogP contribution is 2.37. The lowest BCUT2D eigenvalue weighted by atomic mass is 10.0. The molecule has 0 spiro atoms. The summed E-state index contributed by atoms with van der Waals surface area (Å²) in [6, 6.07) is 8.09. The van der Waals surface area contributed by atoms with E-state index in [0.717, 1.165) is 12.0 Å². The molecule has 1 fully saturated rings. The van der Waals surface area contributed by atoms with Gasteiger partial charge in [0.2, 0.25) is 0 Å². The number of nitrogens with one attached hydrogen (secondary N) is 1. The van der Waals surface area contributed by atoms with Crippen molar-refractivity contribution in [2.24, 2.45) is 5.92 Å². The van der Waals surface area contributed by atoms with Gasteiger partial charge in [0.05, 0.1) is 0 Å². The number of hydrogen-bond acceptors (Lipinski definition) is 1. The summed E-state index contributed by atoms with van der Waals surface area (Å²) in [4.78, 5) is 0. The molecule has 1 aromatic rings. The topological polar surface area (TPSA) is 12.0 Å². The quantitative estimate of drug-likeness (QED) is 0.838. The molecule has 98 valence electrons. The summed E-state index contributed by atoms with van der Waals surface area (Å²) in [7, 11) is 0. The van der Waals surface area contributed by atoms with Crippen LogP contribution in [-0.4, -0.2) is 6.04 Å². The maximum absolute atomic E-state index is 3.90. The van der Waals surface area contributed by atoms with Gasteiger partial charge in [-0.2, -0.15) is 0 Å². The molecule has 0 saturated heterocycles. The van der Waals surface area contributed by atoms with E-state index in [1.54, 1.807) is 0 Å². The largest absolute Gasteiger partial charge is 0.307 e. The molecule has 1 saturated carbocycles. The summed E-state index contributed by atoms with van der Waals surface area (Å²) in [6.07, 6.45) is 8.08. The van der Waals surface area contributed by atoms with Crippen molar-refractivity contribution < 1.29 is 0 Å². The minimum atomic E-state index is 0.594. The van der Waals surface area contributed by atoms with Crippen molar-refractivity contribution in [1.82, 2.24) is 5.32 Å². The predicted molar refractivity (Wildman–Crippen MR) is 79.8 cm³/mol. The fraction of sp³-hybridized carbons (Fsp3) is 0.625. The van der Waals surface area contributed by atoms with Gasteiger partial charge in [-0.3, -0.25) is 0 Å². The number of rotatable bonds is 5. The molecule has 2 heteroatoms. The fourth-order valence-electron chi connectivity index (χ4n) is 3.15. The van der Waals surface area contributed by atoms with Crippen molar-refractivity contribution in [1.29, 1.82) is 0 Å². The van der Waals surface area contributed by atoms with E-state index >= 15 is 0 Å². The van der Waals surface area contributed by atoms with Crippen LogP contribution in [0.15, 0.2) is 22.7 Å². The maximum Gasteiger partial charge on any atom is 0.0328 e. The first-order chi connectivity index (χ1) is 8.76. The van der Waals surface area contributed by atoms with Crippen molar-refractivity contribution in [2.45, 2.75) is 57.5 Å². The number of fused-ring (bicyclic) bond motifs is 1. The van der Waals surface area contributed by atoms with E-state index < -0.39 is 0 Å². The van der Waals surface area contributed by atoms with E-state index in [1.165, 1.54) is 54.1 Å². The van der Waals surface area contributed by atoms with Gasteiger partial charge in [-0.25, -0.2) is 0 Å². The monoisotopic (exact) mass is 307 g/mol. The van der Waals surface area contributed by atoms with Gasteiger partial charge in [-0.15, -0.1) is 0 Å². The predicted octanol–water partition coefficient (Wildman–Crippen LogP) is 4.60. The fourth-order valence-corrected chi connectivity index (χ4v) is 3.56. The SMILES string of the molecule is CCC(CC1CC1)NC1CCc2cc(Br)ccc21. The molecule has 2 atom stereocenters. The summed E-state index contributed by atoms with van der Waals surface area (Å²) in [6.45, 7) is 2.32. The molecule has 0 bridgehead atoms. The first kappa shape index (κ1) is 12.7. The van der Waals surface area contributed by atoms with Crippen molar-refractivity contribution in [2.75, 3.05) is 0 Å². The Hall–Kier alpha value is -0.340. The van der Waals surface area contributed by atoms with Crippen LogP contribution in [0.3, 0.4) is 0 Å². The Bertz CT molecular complexity index is 425. The lowest BCUT2D eigenvalue weighted by Crippen LogP contribution is -2.31. The summed E-state index contributed by atoms with van der Waals surface area (Å²) in [5.41, 5.74) is 3.07. The van der Waals surface area contributed by atoms with Crippen LogP contribution in [0.25, 0.3) is 0 Å². The van der Waals surface area contributed by atoms with Gasteiger partial charge in [0, 0.05) is 16.6 Å². The summed E-state index contributed by atoms with van der Waals surface area (Å²) >= 11 is 3.57. The van der Waals surface area contributed by atoms with Gasteiger partial charge in [0.15, 0.2) is 0 Å². The van der Waals surface area contributed by atoms with E-state index in [0.29, 0.717) is 6.04 Å². The molecule has 0 radical (unpaired) electrons. The Labute approximate surface area is 118 Å². The zero-order valence-electron chi connectivity index (χ0n) is 11.1. The van der Waals surface area contributed by atoms with Crippen LogP contribution in [0.5, 0.6) is 0 Å². The normalized spacial score (nSPS) is 24.0. The zero-order valence-corrected chi connectivity index (χ0v) is 12.7. The van der Waals surface area contributed by atoms with Crippen molar-refractivity contribution in [3.05, 3.63) is 33.8 Å². The minimum absolute atomic E-state index is 0.594. The Morgan fingerprint density at radius 1 is 1.33 bits per heavy atom. The van der Waals surface area contributed by atoms with Gasteiger partial charge in [-0.1, -0.05) is 41.8 Å². The summed E-state index contributed by atoms with van der Waals surface area (Å²) < 4.78 is 1.21. The Morgan fingerprint density at radius 3 is 2.89 bits per heavy atom. The number of halogens is 1. The first-order valence-corrected chi connectivity index (χ1v) is 8.10. The minimum Gasteiger partial charge on any atom is -0.307 e. The highest BCUT2D eigenvalue weighted by Gasteiger charge is 2.28. The molecule has 0 aromatic heterocycles. The van der Waals surface area contributed by atoms with Gasteiger partial charge in [-0.05, 0) is 54.9 Å². The molecule has 1 N–H and O–H groups in total. The standard InChI is InChI=1S/C16H22BrN/c1-2-14(9-11-3-4-11)18-16-8-5-12-10-13(17)6-7-15(12)16/h6-7,10-11,14,16,18H,2-5,8-9H2,1H3. The van der Waals surface area contributed by atoms with Crippen molar-refractivity contribution >= 4 is 15.9 Å². The van der Waals surface area contributed by atoms with E-state index in [4.69, 9.17) is 0 Å². The van der Waals surface area contributed by atoms with E-state index in [9.17, 15) is 0 Å². The molecule has 18 heavy (non-hydrogen) atoms. The van der Waals surface area contributed by atoms with E-state index in [2.05, 4.69) is 46.4 Å². The molecule has 2 aliphatic rings. The van der Waals surface area contributed by atoms with Crippen LogP contribution in [0.4, 0.5) is 0 Å². The van der Waals surface area contributed by atoms with Crippen LogP contribution < -0.4 is 5.32 Å². The lowest BCUT2D eigenvalue weighted by molar-refractivity contribution is 0.388. The molecular weight excluding hydrogens is 286 g/mol.